The summed E-state index contributed by atoms with van der Waals surface area (Å²) in [5.41, 5.74) is 3.73. The predicted octanol–water partition coefficient (Wildman–Crippen LogP) is 5.45. The minimum absolute atomic E-state index is 0.0718. The smallest absolute Gasteiger partial charge is 0.261 e. The van der Waals surface area contributed by atoms with E-state index in [0.717, 1.165) is 24.4 Å². The number of rotatable bonds is 7. The van der Waals surface area contributed by atoms with Crippen LogP contribution in [0.3, 0.4) is 0 Å². The average Bonchev–Trinajstić information content (AvgIpc) is 2.76. The zero-order chi connectivity index (χ0) is 21.6. The quantitative estimate of drug-likeness (QED) is 0.662. The van der Waals surface area contributed by atoms with Crippen molar-refractivity contribution in [3.05, 3.63) is 59.7 Å². The number of anilines is 1. The molecule has 2 aromatic rings. The highest BCUT2D eigenvalue weighted by molar-refractivity contribution is 5.81. The second-order valence-corrected chi connectivity index (χ2v) is 9.22. The van der Waals surface area contributed by atoms with Crippen LogP contribution in [-0.4, -0.2) is 25.1 Å². The van der Waals surface area contributed by atoms with E-state index >= 15 is 0 Å². The molecular formula is C26H36N2O2. The summed E-state index contributed by atoms with van der Waals surface area (Å²) >= 11 is 0. The monoisotopic (exact) mass is 408 g/mol. The highest BCUT2D eigenvalue weighted by Gasteiger charge is 2.19. The third-order valence-corrected chi connectivity index (χ3v) is 5.79. The van der Waals surface area contributed by atoms with Crippen LogP contribution in [0.4, 0.5) is 5.69 Å². The van der Waals surface area contributed by atoms with Gasteiger partial charge in [0.15, 0.2) is 6.10 Å². The van der Waals surface area contributed by atoms with Crippen molar-refractivity contribution >= 4 is 11.6 Å². The van der Waals surface area contributed by atoms with Gasteiger partial charge < -0.3 is 15.0 Å². The van der Waals surface area contributed by atoms with Crippen molar-refractivity contribution in [2.75, 3.05) is 18.0 Å². The van der Waals surface area contributed by atoms with Crippen LogP contribution in [0.2, 0.25) is 0 Å². The SMILES string of the molecule is CCC(Oc1ccc(C(C)(C)C)cc1)C(=O)NCc1ccc(N2CCCCC2)cc1. The van der Waals surface area contributed by atoms with E-state index in [-0.39, 0.29) is 11.3 Å². The molecule has 0 saturated carbocycles. The lowest BCUT2D eigenvalue weighted by atomic mass is 9.87. The van der Waals surface area contributed by atoms with Crippen LogP contribution in [0.5, 0.6) is 5.75 Å². The summed E-state index contributed by atoms with van der Waals surface area (Å²) in [6.07, 6.45) is 4.02. The molecule has 1 amide bonds. The van der Waals surface area contributed by atoms with E-state index < -0.39 is 6.10 Å². The lowest BCUT2D eigenvalue weighted by Crippen LogP contribution is -2.37. The van der Waals surface area contributed by atoms with Crippen LogP contribution >= 0.6 is 0 Å². The molecule has 1 unspecified atom stereocenters. The molecule has 0 aromatic heterocycles. The van der Waals surface area contributed by atoms with Crippen molar-refractivity contribution in [3.63, 3.8) is 0 Å². The second-order valence-electron chi connectivity index (χ2n) is 9.22. The van der Waals surface area contributed by atoms with Gasteiger partial charge in [-0.05, 0) is 66.5 Å². The topological polar surface area (TPSA) is 41.6 Å². The summed E-state index contributed by atoms with van der Waals surface area (Å²) in [6.45, 7) is 11.3. The first-order valence-corrected chi connectivity index (χ1v) is 11.3. The Morgan fingerprint density at radius 2 is 1.63 bits per heavy atom. The Hall–Kier alpha value is -2.49. The molecule has 3 rings (SSSR count). The maximum Gasteiger partial charge on any atom is 0.261 e. The Morgan fingerprint density at radius 1 is 1.00 bits per heavy atom. The van der Waals surface area contributed by atoms with Crippen molar-refractivity contribution in [3.8, 4) is 5.75 Å². The predicted molar refractivity (Wildman–Crippen MR) is 124 cm³/mol. The lowest BCUT2D eigenvalue weighted by Gasteiger charge is -2.28. The first kappa shape index (κ1) is 22.2. The zero-order valence-electron chi connectivity index (χ0n) is 18.9. The molecule has 0 bridgehead atoms. The Morgan fingerprint density at radius 3 is 2.20 bits per heavy atom. The van der Waals surface area contributed by atoms with Gasteiger partial charge in [0.25, 0.3) is 5.91 Å². The largest absolute Gasteiger partial charge is 0.481 e. The average molecular weight is 409 g/mol. The number of amides is 1. The molecule has 1 fully saturated rings. The number of carbonyl (C=O) groups is 1. The summed E-state index contributed by atoms with van der Waals surface area (Å²) in [5.74, 6) is 0.661. The lowest BCUT2D eigenvalue weighted by molar-refractivity contribution is -0.128. The maximum atomic E-state index is 12.6. The molecule has 4 heteroatoms. The summed E-state index contributed by atoms with van der Waals surface area (Å²) in [5, 5.41) is 3.03. The van der Waals surface area contributed by atoms with Gasteiger partial charge in [0.05, 0.1) is 0 Å². The Bertz CT molecular complexity index is 800. The summed E-state index contributed by atoms with van der Waals surface area (Å²) < 4.78 is 5.96. The third-order valence-electron chi connectivity index (χ3n) is 5.79. The Balaban J connectivity index is 1.52. The van der Waals surface area contributed by atoms with Crippen LogP contribution in [-0.2, 0) is 16.8 Å². The van der Waals surface area contributed by atoms with Crippen LogP contribution in [0.25, 0.3) is 0 Å². The Kier molecular flexibility index (Phi) is 7.41. The molecule has 0 aliphatic carbocycles. The number of ether oxygens (including phenoxy) is 1. The van der Waals surface area contributed by atoms with E-state index in [0.29, 0.717) is 13.0 Å². The highest BCUT2D eigenvalue weighted by atomic mass is 16.5. The fourth-order valence-corrected chi connectivity index (χ4v) is 3.80. The van der Waals surface area contributed by atoms with Gasteiger partial charge in [0.2, 0.25) is 0 Å². The summed E-state index contributed by atoms with van der Waals surface area (Å²) in [7, 11) is 0. The van der Waals surface area contributed by atoms with Crippen LogP contribution < -0.4 is 15.0 Å². The molecule has 0 spiro atoms. The second kappa shape index (κ2) is 10.0. The molecule has 30 heavy (non-hydrogen) atoms. The minimum atomic E-state index is -0.488. The molecule has 4 nitrogen and oxygen atoms in total. The van der Waals surface area contributed by atoms with E-state index in [2.05, 4.69) is 67.4 Å². The van der Waals surface area contributed by atoms with Gasteiger partial charge in [-0.3, -0.25) is 4.79 Å². The zero-order valence-corrected chi connectivity index (χ0v) is 18.9. The van der Waals surface area contributed by atoms with Gasteiger partial charge in [-0.1, -0.05) is 52.0 Å². The number of hydrogen-bond donors (Lipinski definition) is 1. The first-order valence-electron chi connectivity index (χ1n) is 11.3. The third kappa shape index (κ3) is 6.01. The van der Waals surface area contributed by atoms with Gasteiger partial charge >= 0.3 is 0 Å². The van der Waals surface area contributed by atoms with Crippen LogP contribution in [0.15, 0.2) is 48.5 Å². The number of nitrogens with zero attached hydrogens (tertiary/aromatic N) is 1. The van der Waals surface area contributed by atoms with Crippen molar-refractivity contribution in [1.82, 2.24) is 5.32 Å². The molecule has 1 saturated heterocycles. The van der Waals surface area contributed by atoms with Gasteiger partial charge in [-0.15, -0.1) is 0 Å². The molecule has 2 aromatic carbocycles. The molecule has 1 heterocycles. The van der Waals surface area contributed by atoms with E-state index in [4.69, 9.17) is 4.74 Å². The van der Waals surface area contributed by atoms with E-state index in [1.54, 1.807) is 0 Å². The normalized spacial score (nSPS) is 15.5. The summed E-state index contributed by atoms with van der Waals surface area (Å²) in [6, 6.07) is 16.6. The van der Waals surface area contributed by atoms with E-state index in [1.165, 1.54) is 30.5 Å². The number of benzene rings is 2. The molecule has 162 valence electrons. The number of nitrogens with one attached hydrogen (secondary N) is 1. The van der Waals surface area contributed by atoms with E-state index in [9.17, 15) is 4.79 Å². The van der Waals surface area contributed by atoms with Crippen molar-refractivity contribution in [1.29, 1.82) is 0 Å². The molecular weight excluding hydrogens is 372 g/mol. The number of carbonyl (C=O) groups excluding carboxylic acids is 1. The maximum absolute atomic E-state index is 12.6. The molecule has 0 radical (unpaired) electrons. The Labute approximate surface area is 181 Å². The fourth-order valence-electron chi connectivity index (χ4n) is 3.80. The van der Waals surface area contributed by atoms with E-state index in [1.807, 2.05) is 19.1 Å². The standard InChI is InChI=1S/C26H36N2O2/c1-5-24(30-23-15-11-21(12-16-23)26(2,3)4)25(29)27-19-20-9-13-22(14-10-20)28-17-7-6-8-18-28/h9-16,24H,5-8,17-19H2,1-4H3,(H,27,29). The first-order chi connectivity index (χ1) is 14.4. The number of piperidine rings is 1. The van der Waals surface area contributed by atoms with Gasteiger partial charge in [-0.25, -0.2) is 0 Å². The van der Waals surface area contributed by atoms with Gasteiger partial charge in [-0.2, -0.15) is 0 Å². The fraction of sp³-hybridized carbons (Fsp3) is 0.500. The molecule has 1 N–H and O–H groups in total. The van der Waals surface area contributed by atoms with Crippen molar-refractivity contribution < 1.29 is 9.53 Å². The molecule has 1 aliphatic heterocycles. The summed E-state index contributed by atoms with van der Waals surface area (Å²) in [4.78, 5) is 15.1. The van der Waals surface area contributed by atoms with Crippen molar-refractivity contribution in [2.45, 2.75) is 71.4 Å². The van der Waals surface area contributed by atoms with Crippen molar-refractivity contribution in [2.24, 2.45) is 0 Å². The number of hydrogen-bond acceptors (Lipinski definition) is 3. The molecule has 1 aliphatic rings. The van der Waals surface area contributed by atoms with Crippen LogP contribution in [0.1, 0.15) is 64.5 Å². The van der Waals surface area contributed by atoms with Crippen LogP contribution in [0, 0.1) is 0 Å². The van der Waals surface area contributed by atoms with Gasteiger partial charge in [0.1, 0.15) is 5.75 Å². The minimum Gasteiger partial charge on any atom is -0.481 e. The molecule has 1 atom stereocenters. The highest BCUT2D eigenvalue weighted by Crippen LogP contribution is 2.25. The van der Waals surface area contributed by atoms with Gasteiger partial charge in [0, 0.05) is 25.3 Å².